The largest absolute Gasteiger partial charge is 0.392 e. The average molecular weight is 679 g/mol. The summed E-state index contributed by atoms with van der Waals surface area (Å²) >= 11 is 0. The van der Waals surface area contributed by atoms with E-state index < -0.39 is 0 Å². The van der Waals surface area contributed by atoms with Crippen molar-refractivity contribution in [3.05, 3.63) is 65.4 Å². The second-order valence-electron chi connectivity index (χ2n) is 13.0. The number of hydrogen-bond donors (Lipinski definition) is 2. The maximum atomic E-state index is 10.3. The summed E-state index contributed by atoms with van der Waals surface area (Å²) < 4.78 is 0. The number of benzene rings is 2. The summed E-state index contributed by atoms with van der Waals surface area (Å²) in [5.74, 6) is 1.17. The molecule has 3 nitrogen and oxygen atoms in total. The first-order chi connectivity index (χ1) is 16.8. The number of aliphatic hydroxyl groups is 2. The van der Waals surface area contributed by atoms with Gasteiger partial charge >= 0.3 is 0 Å². The van der Waals surface area contributed by atoms with Gasteiger partial charge in [0.1, 0.15) is 0 Å². The molecule has 3 aromatic rings. The molecule has 4 unspecified atom stereocenters. The molecule has 0 aliphatic heterocycles. The number of pyridine rings is 1. The van der Waals surface area contributed by atoms with Crippen LogP contribution in [0.5, 0.6) is 0 Å². The van der Waals surface area contributed by atoms with Crippen molar-refractivity contribution in [3.8, 4) is 11.3 Å². The Balaban J connectivity index is 0.000000211. The van der Waals surface area contributed by atoms with Gasteiger partial charge in [-0.25, -0.2) is 0 Å². The minimum absolute atomic E-state index is 0. The molecule has 5 rings (SSSR count). The first-order valence-corrected chi connectivity index (χ1v) is 13.6. The molecular weight excluding hydrogens is 635 g/mol. The fourth-order valence-electron chi connectivity index (χ4n) is 6.46. The van der Waals surface area contributed by atoms with Crippen LogP contribution in [0.3, 0.4) is 0 Å². The Morgan fingerprint density at radius 3 is 2.27 bits per heavy atom. The van der Waals surface area contributed by atoms with Crippen LogP contribution in [0.1, 0.15) is 83.4 Å². The third kappa shape index (κ3) is 6.19. The number of nitrogens with zero attached hydrogens (tertiary/aromatic N) is 1. The first kappa shape index (κ1) is 30.0. The van der Waals surface area contributed by atoms with E-state index in [-0.39, 0.29) is 49.1 Å². The second kappa shape index (κ2) is 11.3. The molecule has 0 bridgehead atoms. The van der Waals surface area contributed by atoms with Gasteiger partial charge in [-0.3, -0.25) is 0 Å². The van der Waals surface area contributed by atoms with Crippen LogP contribution in [0.15, 0.2) is 42.6 Å². The van der Waals surface area contributed by atoms with E-state index >= 15 is 0 Å². The molecule has 1 aromatic heterocycles. The average Bonchev–Trinajstić information content (AvgIpc) is 3.04. The molecule has 4 atom stereocenters. The molecular formula is C33H44IrNO2-. The van der Waals surface area contributed by atoms with Crippen molar-refractivity contribution in [1.29, 1.82) is 0 Å². The van der Waals surface area contributed by atoms with E-state index in [1.807, 2.05) is 6.20 Å². The summed E-state index contributed by atoms with van der Waals surface area (Å²) in [5, 5.41) is 23.1. The van der Waals surface area contributed by atoms with E-state index in [2.05, 4.69) is 103 Å². The zero-order valence-corrected chi connectivity index (χ0v) is 26.1. The predicted molar refractivity (Wildman–Crippen MR) is 150 cm³/mol. The van der Waals surface area contributed by atoms with Gasteiger partial charge in [0.25, 0.3) is 0 Å². The van der Waals surface area contributed by atoms with Gasteiger partial charge in [-0.1, -0.05) is 73.6 Å². The molecule has 1 heterocycles. The maximum absolute atomic E-state index is 10.3. The van der Waals surface area contributed by atoms with Crippen LogP contribution in [0, 0.1) is 42.6 Å². The molecule has 203 valence electrons. The smallest absolute Gasteiger partial charge is 0.0646 e. The topological polar surface area (TPSA) is 53.4 Å². The molecule has 2 fully saturated rings. The van der Waals surface area contributed by atoms with Crippen LogP contribution in [0.4, 0.5) is 0 Å². The minimum atomic E-state index is -0.340. The van der Waals surface area contributed by atoms with E-state index in [0.717, 1.165) is 36.1 Å². The van der Waals surface area contributed by atoms with E-state index in [4.69, 9.17) is 0 Å². The molecule has 0 saturated heterocycles. The molecule has 2 N–H and O–H groups in total. The minimum Gasteiger partial charge on any atom is -0.392 e. The summed E-state index contributed by atoms with van der Waals surface area (Å²) in [6.45, 7) is 17.1. The number of aromatic nitrogens is 1. The Morgan fingerprint density at radius 2 is 1.62 bits per heavy atom. The van der Waals surface area contributed by atoms with Crippen molar-refractivity contribution in [2.24, 2.45) is 22.7 Å². The van der Waals surface area contributed by atoms with Crippen LogP contribution in [0.25, 0.3) is 22.0 Å². The van der Waals surface area contributed by atoms with Crippen LogP contribution in [-0.4, -0.2) is 27.4 Å². The third-order valence-corrected chi connectivity index (χ3v) is 8.68. The zero-order valence-electron chi connectivity index (χ0n) is 23.7. The van der Waals surface area contributed by atoms with Gasteiger partial charge in [0.2, 0.25) is 0 Å². The Labute approximate surface area is 237 Å². The first-order valence-electron chi connectivity index (χ1n) is 13.6. The van der Waals surface area contributed by atoms with Crippen molar-refractivity contribution in [2.45, 2.75) is 92.8 Å². The van der Waals surface area contributed by atoms with Crippen LogP contribution < -0.4 is 0 Å². The third-order valence-electron chi connectivity index (χ3n) is 8.68. The number of aliphatic hydroxyl groups excluding tert-OH is 2. The van der Waals surface area contributed by atoms with Crippen LogP contribution >= 0.6 is 0 Å². The van der Waals surface area contributed by atoms with Gasteiger partial charge in [-0.2, -0.15) is 0 Å². The molecule has 2 saturated carbocycles. The molecule has 2 aromatic carbocycles. The quantitative estimate of drug-likeness (QED) is 0.274. The summed E-state index contributed by atoms with van der Waals surface area (Å²) in [6, 6.07) is 16.5. The van der Waals surface area contributed by atoms with Crippen molar-refractivity contribution in [1.82, 2.24) is 4.98 Å². The summed E-state index contributed by atoms with van der Waals surface area (Å²) in [7, 11) is 0. The maximum Gasteiger partial charge on any atom is 0.0646 e. The molecule has 37 heavy (non-hydrogen) atoms. The van der Waals surface area contributed by atoms with Crippen molar-refractivity contribution < 1.29 is 30.3 Å². The van der Waals surface area contributed by atoms with Crippen LogP contribution in [0.2, 0.25) is 0 Å². The molecule has 2 aliphatic carbocycles. The Bertz CT molecular complexity index is 1210. The van der Waals surface area contributed by atoms with E-state index in [9.17, 15) is 10.2 Å². The van der Waals surface area contributed by atoms with E-state index in [1.54, 1.807) is 0 Å². The summed E-state index contributed by atoms with van der Waals surface area (Å²) in [6.07, 6.45) is 4.53. The van der Waals surface area contributed by atoms with Crippen molar-refractivity contribution >= 4 is 10.8 Å². The second-order valence-corrected chi connectivity index (χ2v) is 13.0. The monoisotopic (exact) mass is 679 g/mol. The van der Waals surface area contributed by atoms with Gasteiger partial charge in [0, 0.05) is 32.2 Å². The molecule has 0 amide bonds. The predicted octanol–water partition coefficient (Wildman–Crippen LogP) is 7.63. The summed E-state index contributed by atoms with van der Waals surface area (Å²) in [4.78, 5) is 4.60. The zero-order chi connectivity index (χ0) is 26.4. The SMILES string of the molecule is CC1(C)CCC2CC(C)(C)C(O)C2C1O.Cc1[c-]c(-c2nccc3cc(C(C)C)ccc23)cc(C)c1.[Ir]. The summed E-state index contributed by atoms with van der Waals surface area (Å²) in [5.41, 5.74) is 5.83. The Hall–Kier alpha value is -1.58. The standard InChI is InChI=1S/C20H20N.C13H24O2.Ir/c1-13(2)16-5-6-19-17(12-16)7-8-21-20(19)18-10-14(3)9-15(4)11-18;1-12(2)6-5-8-7-13(3,4)11(15)9(8)10(12)14;/h5-10,12-13H,1-4H3;8-11,14-15H,5-7H2,1-4H3;/q-1;;. The van der Waals surface area contributed by atoms with Gasteiger partial charge in [0.05, 0.1) is 12.2 Å². The van der Waals surface area contributed by atoms with Crippen molar-refractivity contribution in [3.63, 3.8) is 0 Å². The number of hydrogen-bond acceptors (Lipinski definition) is 3. The Morgan fingerprint density at radius 1 is 0.946 bits per heavy atom. The van der Waals surface area contributed by atoms with Gasteiger partial charge in [-0.05, 0) is 70.0 Å². The van der Waals surface area contributed by atoms with E-state index in [1.165, 1.54) is 21.9 Å². The number of rotatable bonds is 2. The molecule has 1 radical (unpaired) electrons. The van der Waals surface area contributed by atoms with Crippen molar-refractivity contribution in [2.75, 3.05) is 0 Å². The molecule has 4 heteroatoms. The van der Waals surface area contributed by atoms with E-state index in [0.29, 0.717) is 11.8 Å². The fraction of sp³-hybridized carbons (Fsp3) is 0.545. The van der Waals surface area contributed by atoms with Gasteiger partial charge in [-0.15, -0.1) is 34.9 Å². The van der Waals surface area contributed by atoms with Gasteiger partial charge in [0.15, 0.2) is 0 Å². The van der Waals surface area contributed by atoms with Crippen LogP contribution in [-0.2, 0) is 20.1 Å². The molecule has 0 spiro atoms. The molecule has 2 aliphatic rings. The van der Waals surface area contributed by atoms with Gasteiger partial charge < -0.3 is 15.2 Å². The fourth-order valence-corrected chi connectivity index (χ4v) is 6.46. The number of fused-ring (bicyclic) bond motifs is 2. The number of aryl methyl sites for hydroxylation is 2. The Kier molecular flexibility index (Phi) is 9.12. The normalized spacial score (nSPS) is 25.7.